The molecule has 1 aliphatic carbocycles. The van der Waals surface area contributed by atoms with E-state index in [9.17, 15) is 0 Å². The quantitative estimate of drug-likeness (QED) is 0.512. The van der Waals surface area contributed by atoms with Gasteiger partial charge in [-0.05, 0) is 60.6 Å². The zero-order valence-corrected chi connectivity index (χ0v) is 19.8. The van der Waals surface area contributed by atoms with Crippen molar-refractivity contribution in [2.75, 3.05) is 5.32 Å². The van der Waals surface area contributed by atoms with E-state index in [0.717, 1.165) is 41.5 Å². The van der Waals surface area contributed by atoms with Crippen LogP contribution in [0.3, 0.4) is 0 Å². The van der Waals surface area contributed by atoms with Crippen molar-refractivity contribution in [1.29, 1.82) is 0 Å². The smallest absolute Gasteiger partial charge is 0.136 e. The molecule has 3 nitrogen and oxygen atoms in total. The van der Waals surface area contributed by atoms with Crippen molar-refractivity contribution in [1.82, 2.24) is 9.78 Å². The largest absolute Gasteiger partial charge is 0.355 e. The van der Waals surface area contributed by atoms with Crippen LogP contribution < -0.4 is 5.32 Å². The first-order valence-corrected chi connectivity index (χ1v) is 11.5. The summed E-state index contributed by atoms with van der Waals surface area (Å²) >= 11 is 6.76. The minimum Gasteiger partial charge on any atom is -0.355 e. The van der Waals surface area contributed by atoms with E-state index in [2.05, 4.69) is 78.1 Å². The first kappa shape index (κ1) is 22.0. The molecule has 0 saturated carbocycles. The zero-order chi connectivity index (χ0) is 21.3. The van der Waals surface area contributed by atoms with Gasteiger partial charge in [-0.15, -0.1) is 0 Å². The molecule has 158 valence electrons. The third-order valence-electron chi connectivity index (χ3n) is 6.76. The topological polar surface area (TPSA) is 29.9 Å². The maximum Gasteiger partial charge on any atom is 0.136 e. The average Bonchev–Trinajstić information content (AvgIpc) is 3.16. The van der Waals surface area contributed by atoms with E-state index in [1.807, 2.05) is 4.68 Å². The van der Waals surface area contributed by atoms with E-state index in [-0.39, 0.29) is 5.41 Å². The Morgan fingerprint density at radius 3 is 2.66 bits per heavy atom. The van der Waals surface area contributed by atoms with Gasteiger partial charge in [-0.2, -0.15) is 5.10 Å². The van der Waals surface area contributed by atoms with E-state index >= 15 is 0 Å². The van der Waals surface area contributed by atoms with Crippen molar-refractivity contribution < 1.29 is 0 Å². The van der Waals surface area contributed by atoms with Gasteiger partial charge < -0.3 is 5.32 Å². The van der Waals surface area contributed by atoms with Gasteiger partial charge in [0, 0.05) is 17.9 Å². The van der Waals surface area contributed by atoms with Crippen LogP contribution in [-0.4, -0.2) is 9.78 Å². The summed E-state index contributed by atoms with van der Waals surface area (Å²) in [6, 6.07) is 6.74. The Kier molecular flexibility index (Phi) is 6.48. The van der Waals surface area contributed by atoms with Crippen molar-refractivity contribution in [2.24, 2.45) is 5.92 Å². The molecule has 0 amide bonds. The number of rotatable bonds is 7. The number of benzene rings is 1. The Balaban J connectivity index is 2.09. The second-order valence-electron chi connectivity index (χ2n) is 8.88. The highest BCUT2D eigenvalue weighted by atomic mass is 35.5. The number of nitrogens with zero attached hydrogens (tertiary/aromatic N) is 2. The number of allylic oxidation sites excluding steroid dienone is 1. The molecule has 1 aromatic carbocycles. The van der Waals surface area contributed by atoms with Crippen molar-refractivity contribution in [3.05, 3.63) is 51.8 Å². The summed E-state index contributed by atoms with van der Waals surface area (Å²) in [6.45, 7) is 16.6. The molecule has 1 aromatic heterocycles. The van der Waals surface area contributed by atoms with Crippen LogP contribution in [0, 0.1) is 5.92 Å². The van der Waals surface area contributed by atoms with E-state index in [1.54, 1.807) is 0 Å². The van der Waals surface area contributed by atoms with Gasteiger partial charge in [0.25, 0.3) is 0 Å². The monoisotopic (exact) mass is 413 g/mol. The highest BCUT2D eigenvalue weighted by Gasteiger charge is 2.41. The number of aromatic nitrogens is 2. The first-order valence-electron chi connectivity index (χ1n) is 11.1. The standard InChI is InChI=1S/C25H36ClN3/c1-8-12-20(23-19(9-2)28-29(10-3)24(23)26)27-21-14-11-13-18-22(21)17(6)15-25(18,7)16(4)5/h11-14,16-17,27H,8-10,15H2,1-7H3/b20-12+. The highest BCUT2D eigenvalue weighted by Crippen LogP contribution is 2.52. The predicted octanol–water partition coefficient (Wildman–Crippen LogP) is 7.40. The van der Waals surface area contributed by atoms with Crippen LogP contribution in [-0.2, 0) is 18.4 Å². The molecule has 29 heavy (non-hydrogen) atoms. The van der Waals surface area contributed by atoms with Crippen molar-refractivity contribution in [2.45, 2.75) is 85.6 Å². The summed E-state index contributed by atoms with van der Waals surface area (Å²) in [5.41, 5.74) is 7.56. The molecule has 2 atom stereocenters. The highest BCUT2D eigenvalue weighted by molar-refractivity contribution is 6.31. The molecular weight excluding hydrogens is 378 g/mol. The minimum absolute atomic E-state index is 0.223. The SMILES string of the molecule is CC/C=C(/Nc1cccc2c1C(C)CC2(C)C(C)C)c1c(CC)nn(CC)c1Cl. The van der Waals surface area contributed by atoms with Crippen LogP contribution in [0.5, 0.6) is 0 Å². The Morgan fingerprint density at radius 1 is 1.34 bits per heavy atom. The lowest BCUT2D eigenvalue weighted by molar-refractivity contribution is 0.324. The number of anilines is 1. The Labute approximate surface area is 181 Å². The summed E-state index contributed by atoms with van der Waals surface area (Å²) < 4.78 is 1.90. The van der Waals surface area contributed by atoms with Gasteiger partial charge in [-0.25, -0.2) is 0 Å². The van der Waals surface area contributed by atoms with Crippen LogP contribution in [0.2, 0.25) is 5.15 Å². The lowest BCUT2D eigenvalue weighted by Gasteiger charge is -2.30. The lowest BCUT2D eigenvalue weighted by Crippen LogP contribution is -2.25. The van der Waals surface area contributed by atoms with Crippen LogP contribution in [0.4, 0.5) is 5.69 Å². The molecule has 1 heterocycles. The van der Waals surface area contributed by atoms with Gasteiger partial charge in [0.1, 0.15) is 5.15 Å². The fourth-order valence-corrected chi connectivity index (χ4v) is 5.24. The van der Waals surface area contributed by atoms with Crippen LogP contribution in [0.25, 0.3) is 5.70 Å². The van der Waals surface area contributed by atoms with Crippen LogP contribution in [0.1, 0.15) is 89.6 Å². The summed E-state index contributed by atoms with van der Waals surface area (Å²) in [5, 5.41) is 9.24. The molecule has 1 aliphatic rings. The van der Waals surface area contributed by atoms with E-state index < -0.39 is 0 Å². The van der Waals surface area contributed by atoms with Crippen LogP contribution in [0.15, 0.2) is 24.3 Å². The van der Waals surface area contributed by atoms with Crippen molar-refractivity contribution in [3.8, 4) is 0 Å². The molecule has 4 heteroatoms. The lowest BCUT2D eigenvalue weighted by atomic mass is 9.74. The number of hydrogen-bond donors (Lipinski definition) is 1. The molecular formula is C25H36ClN3. The number of hydrogen-bond acceptors (Lipinski definition) is 2. The van der Waals surface area contributed by atoms with Crippen molar-refractivity contribution in [3.63, 3.8) is 0 Å². The summed E-state index contributed by atoms with van der Waals surface area (Å²) in [4.78, 5) is 0. The maximum absolute atomic E-state index is 6.76. The molecule has 0 saturated heterocycles. The van der Waals surface area contributed by atoms with Gasteiger partial charge in [0.15, 0.2) is 0 Å². The molecule has 0 aliphatic heterocycles. The van der Waals surface area contributed by atoms with E-state index in [0.29, 0.717) is 11.8 Å². The van der Waals surface area contributed by atoms with Gasteiger partial charge in [-0.1, -0.05) is 71.4 Å². The first-order chi connectivity index (χ1) is 13.8. The fourth-order valence-electron chi connectivity index (χ4n) is 4.87. The molecule has 0 spiro atoms. The molecule has 3 rings (SSSR count). The average molecular weight is 414 g/mol. The van der Waals surface area contributed by atoms with Gasteiger partial charge in [-0.3, -0.25) is 4.68 Å². The number of halogens is 1. The summed E-state index contributed by atoms with van der Waals surface area (Å²) in [5.74, 6) is 1.14. The molecule has 0 bridgehead atoms. The van der Waals surface area contributed by atoms with E-state index in [1.165, 1.54) is 23.2 Å². The molecule has 0 fully saturated rings. The molecule has 0 radical (unpaired) electrons. The number of aryl methyl sites for hydroxylation is 2. The van der Waals surface area contributed by atoms with Crippen LogP contribution >= 0.6 is 11.6 Å². The summed E-state index contributed by atoms with van der Waals surface area (Å²) in [7, 11) is 0. The molecule has 1 N–H and O–H groups in total. The van der Waals surface area contributed by atoms with Crippen molar-refractivity contribution >= 4 is 23.0 Å². The second kappa shape index (κ2) is 8.55. The third-order valence-corrected chi connectivity index (χ3v) is 7.15. The van der Waals surface area contributed by atoms with Gasteiger partial charge in [0.2, 0.25) is 0 Å². The predicted molar refractivity (Wildman–Crippen MR) is 126 cm³/mol. The Morgan fingerprint density at radius 2 is 2.07 bits per heavy atom. The minimum atomic E-state index is 0.223. The maximum atomic E-state index is 6.76. The summed E-state index contributed by atoms with van der Waals surface area (Å²) in [6.07, 6.45) is 5.23. The van der Waals surface area contributed by atoms with Gasteiger partial charge in [0.05, 0.1) is 11.3 Å². The fraction of sp³-hybridized carbons (Fsp3) is 0.560. The zero-order valence-electron chi connectivity index (χ0n) is 19.1. The third kappa shape index (κ3) is 3.74. The number of fused-ring (bicyclic) bond motifs is 1. The van der Waals surface area contributed by atoms with Gasteiger partial charge >= 0.3 is 0 Å². The Hall–Kier alpha value is -1.74. The molecule has 2 unspecified atom stereocenters. The normalized spacial score (nSPS) is 21.7. The van der Waals surface area contributed by atoms with E-state index in [4.69, 9.17) is 16.7 Å². The molecule has 2 aromatic rings. The Bertz CT molecular complexity index is 909. The second-order valence-corrected chi connectivity index (χ2v) is 9.24. The number of nitrogens with one attached hydrogen (secondary N) is 1.